The van der Waals surface area contributed by atoms with E-state index in [0.717, 1.165) is 12.8 Å². The molecule has 0 bridgehead atoms. The van der Waals surface area contributed by atoms with Gasteiger partial charge in [-0.3, -0.25) is 4.79 Å². The standard InChI is InChI=1S/C8H14N2O3/c1-5(7(11)12)4-9-8(13)10-6-2-3-6/h5-6H,2-4H2,1H3,(H,11,12)(H2,9,10,13). The van der Waals surface area contributed by atoms with E-state index in [-0.39, 0.29) is 12.6 Å². The van der Waals surface area contributed by atoms with Crippen molar-refractivity contribution in [1.29, 1.82) is 0 Å². The van der Waals surface area contributed by atoms with Crippen molar-refractivity contribution < 1.29 is 14.7 Å². The van der Waals surface area contributed by atoms with E-state index in [4.69, 9.17) is 5.11 Å². The highest BCUT2D eigenvalue weighted by Crippen LogP contribution is 2.18. The average Bonchev–Trinajstić information content (AvgIpc) is 2.83. The maximum Gasteiger partial charge on any atom is 0.315 e. The van der Waals surface area contributed by atoms with Gasteiger partial charge in [-0.2, -0.15) is 0 Å². The van der Waals surface area contributed by atoms with Crippen LogP contribution in [0.1, 0.15) is 19.8 Å². The van der Waals surface area contributed by atoms with Gasteiger partial charge in [0.05, 0.1) is 5.92 Å². The molecule has 5 nitrogen and oxygen atoms in total. The highest BCUT2D eigenvalue weighted by molar-refractivity contribution is 5.76. The van der Waals surface area contributed by atoms with E-state index in [1.165, 1.54) is 0 Å². The summed E-state index contributed by atoms with van der Waals surface area (Å²) in [6, 6.07) is 0.0377. The van der Waals surface area contributed by atoms with Crippen molar-refractivity contribution in [1.82, 2.24) is 10.6 Å². The molecule has 0 aromatic heterocycles. The van der Waals surface area contributed by atoms with Gasteiger partial charge >= 0.3 is 12.0 Å². The van der Waals surface area contributed by atoms with Crippen LogP contribution in [0.3, 0.4) is 0 Å². The normalized spacial score (nSPS) is 17.6. The summed E-state index contributed by atoms with van der Waals surface area (Å²) in [6.07, 6.45) is 2.06. The van der Waals surface area contributed by atoms with Crippen LogP contribution in [0.4, 0.5) is 4.79 Å². The van der Waals surface area contributed by atoms with Crippen molar-refractivity contribution in [3.8, 4) is 0 Å². The monoisotopic (exact) mass is 186 g/mol. The summed E-state index contributed by atoms with van der Waals surface area (Å²) >= 11 is 0. The Labute approximate surface area is 76.5 Å². The number of carbonyl (C=O) groups is 2. The number of amides is 2. The van der Waals surface area contributed by atoms with E-state index in [1.807, 2.05) is 0 Å². The van der Waals surface area contributed by atoms with E-state index in [0.29, 0.717) is 6.04 Å². The highest BCUT2D eigenvalue weighted by Gasteiger charge is 2.23. The quantitative estimate of drug-likeness (QED) is 0.585. The Bertz CT molecular complexity index is 213. The van der Waals surface area contributed by atoms with Crippen LogP contribution in [0.25, 0.3) is 0 Å². The third-order valence-electron chi connectivity index (χ3n) is 1.90. The summed E-state index contributed by atoms with van der Waals surface area (Å²) in [4.78, 5) is 21.4. The first-order valence-corrected chi connectivity index (χ1v) is 4.36. The zero-order chi connectivity index (χ0) is 9.84. The molecule has 1 aliphatic rings. The molecule has 3 N–H and O–H groups in total. The largest absolute Gasteiger partial charge is 0.481 e. The number of carboxylic acids is 1. The van der Waals surface area contributed by atoms with Crippen LogP contribution in [0.15, 0.2) is 0 Å². The first-order valence-electron chi connectivity index (χ1n) is 4.36. The number of nitrogens with one attached hydrogen (secondary N) is 2. The molecule has 1 unspecified atom stereocenters. The van der Waals surface area contributed by atoms with Gasteiger partial charge in [-0.1, -0.05) is 6.92 Å². The molecule has 0 spiro atoms. The number of urea groups is 1. The minimum atomic E-state index is -0.897. The molecule has 0 aromatic rings. The Morgan fingerprint density at radius 2 is 2.15 bits per heavy atom. The van der Waals surface area contributed by atoms with Crippen LogP contribution in [-0.2, 0) is 4.79 Å². The number of hydrogen-bond acceptors (Lipinski definition) is 2. The second-order valence-electron chi connectivity index (χ2n) is 3.37. The highest BCUT2D eigenvalue weighted by atomic mass is 16.4. The van der Waals surface area contributed by atoms with Gasteiger partial charge in [0, 0.05) is 12.6 Å². The van der Waals surface area contributed by atoms with Gasteiger partial charge in [-0.25, -0.2) is 4.79 Å². The summed E-state index contributed by atoms with van der Waals surface area (Å²) in [7, 11) is 0. The van der Waals surface area contributed by atoms with Gasteiger partial charge in [0.15, 0.2) is 0 Å². The molecule has 1 saturated carbocycles. The summed E-state index contributed by atoms with van der Waals surface area (Å²) in [5.41, 5.74) is 0. The van der Waals surface area contributed by atoms with Gasteiger partial charge in [0.1, 0.15) is 0 Å². The molecule has 0 aliphatic heterocycles. The SMILES string of the molecule is CC(CNC(=O)NC1CC1)C(=O)O. The van der Waals surface area contributed by atoms with Crippen LogP contribution < -0.4 is 10.6 Å². The minimum absolute atomic E-state index is 0.174. The molecule has 0 saturated heterocycles. The Morgan fingerprint density at radius 1 is 1.54 bits per heavy atom. The first-order chi connectivity index (χ1) is 6.09. The summed E-state index contributed by atoms with van der Waals surface area (Å²) in [5.74, 6) is -1.43. The van der Waals surface area contributed by atoms with Crippen molar-refractivity contribution in [3.63, 3.8) is 0 Å². The summed E-state index contributed by atoms with van der Waals surface area (Å²) in [5, 5.41) is 13.7. The molecule has 0 radical (unpaired) electrons. The third kappa shape index (κ3) is 3.78. The Balaban J connectivity index is 2.09. The van der Waals surface area contributed by atoms with Crippen LogP contribution in [-0.4, -0.2) is 29.7 Å². The third-order valence-corrected chi connectivity index (χ3v) is 1.90. The van der Waals surface area contributed by atoms with Crippen molar-refractivity contribution in [2.75, 3.05) is 6.54 Å². The predicted octanol–water partition coefficient (Wildman–Crippen LogP) is 0.169. The van der Waals surface area contributed by atoms with E-state index >= 15 is 0 Å². The maximum absolute atomic E-state index is 11.0. The van der Waals surface area contributed by atoms with Gasteiger partial charge in [-0.05, 0) is 12.8 Å². The lowest BCUT2D eigenvalue weighted by molar-refractivity contribution is -0.140. The fraction of sp³-hybridized carbons (Fsp3) is 0.750. The van der Waals surface area contributed by atoms with Gasteiger partial charge in [-0.15, -0.1) is 0 Å². The van der Waals surface area contributed by atoms with Crippen molar-refractivity contribution in [2.45, 2.75) is 25.8 Å². The zero-order valence-corrected chi connectivity index (χ0v) is 7.54. The molecule has 5 heteroatoms. The molecule has 13 heavy (non-hydrogen) atoms. The van der Waals surface area contributed by atoms with Gasteiger partial charge < -0.3 is 15.7 Å². The Hall–Kier alpha value is -1.26. The van der Waals surface area contributed by atoms with Crippen molar-refractivity contribution >= 4 is 12.0 Å². The number of aliphatic carboxylic acids is 1. The molecule has 1 aliphatic carbocycles. The lowest BCUT2D eigenvalue weighted by Crippen LogP contribution is -2.40. The van der Waals surface area contributed by atoms with Crippen LogP contribution in [0, 0.1) is 5.92 Å². The molecule has 74 valence electrons. The Morgan fingerprint density at radius 3 is 2.62 bits per heavy atom. The lowest BCUT2D eigenvalue weighted by Gasteiger charge is -2.08. The zero-order valence-electron chi connectivity index (χ0n) is 7.54. The predicted molar refractivity (Wildman–Crippen MR) is 46.4 cm³/mol. The molecular weight excluding hydrogens is 172 g/mol. The van der Waals surface area contributed by atoms with Crippen LogP contribution in [0.5, 0.6) is 0 Å². The van der Waals surface area contributed by atoms with Crippen molar-refractivity contribution in [2.24, 2.45) is 5.92 Å². The summed E-state index contributed by atoms with van der Waals surface area (Å²) in [6.45, 7) is 1.73. The lowest BCUT2D eigenvalue weighted by atomic mass is 10.2. The molecule has 0 heterocycles. The van der Waals surface area contributed by atoms with Crippen LogP contribution >= 0.6 is 0 Å². The van der Waals surface area contributed by atoms with Crippen molar-refractivity contribution in [3.05, 3.63) is 0 Å². The number of carboxylic acid groups (broad SMARTS) is 1. The molecule has 2 amide bonds. The van der Waals surface area contributed by atoms with Crippen LogP contribution in [0.2, 0.25) is 0 Å². The fourth-order valence-electron chi connectivity index (χ4n) is 0.797. The first kappa shape index (κ1) is 9.83. The second-order valence-corrected chi connectivity index (χ2v) is 3.37. The second kappa shape index (κ2) is 4.11. The number of hydrogen-bond donors (Lipinski definition) is 3. The fourth-order valence-corrected chi connectivity index (χ4v) is 0.797. The number of rotatable bonds is 4. The van der Waals surface area contributed by atoms with E-state index in [9.17, 15) is 9.59 Å². The van der Waals surface area contributed by atoms with E-state index in [1.54, 1.807) is 6.92 Å². The smallest absolute Gasteiger partial charge is 0.315 e. The number of carbonyl (C=O) groups excluding carboxylic acids is 1. The molecule has 1 atom stereocenters. The Kier molecular flexibility index (Phi) is 3.11. The average molecular weight is 186 g/mol. The molecular formula is C8H14N2O3. The summed E-state index contributed by atoms with van der Waals surface area (Å²) < 4.78 is 0. The van der Waals surface area contributed by atoms with Gasteiger partial charge in [0.25, 0.3) is 0 Å². The van der Waals surface area contributed by atoms with Gasteiger partial charge in [0.2, 0.25) is 0 Å². The van der Waals surface area contributed by atoms with E-state index < -0.39 is 11.9 Å². The molecule has 1 rings (SSSR count). The minimum Gasteiger partial charge on any atom is -0.481 e. The molecule has 1 fully saturated rings. The van der Waals surface area contributed by atoms with E-state index in [2.05, 4.69) is 10.6 Å². The maximum atomic E-state index is 11.0. The molecule has 0 aromatic carbocycles. The topological polar surface area (TPSA) is 78.4 Å².